The number of piperidine rings is 1. The Balaban J connectivity index is 1.50. The largest absolute Gasteiger partial charge is 0.372 e. The summed E-state index contributed by atoms with van der Waals surface area (Å²) in [5.74, 6) is 0.232. The second-order valence-electron chi connectivity index (χ2n) is 9.25. The number of rotatable bonds is 3. The number of hydrogen-bond donors (Lipinski definition) is 1. The Morgan fingerprint density at radius 1 is 0.893 bits per heavy atom. The van der Waals surface area contributed by atoms with Crippen LogP contribution in [0.5, 0.6) is 0 Å². The molecule has 154 valence electrons. The van der Waals surface area contributed by atoms with Gasteiger partial charge in [0.1, 0.15) is 0 Å². The molecule has 0 radical (unpaired) electrons. The van der Waals surface area contributed by atoms with Crippen molar-refractivity contribution < 1.29 is 9.59 Å². The average Bonchev–Trinajstić information content (AvgIpc) is 2.97. The van der Waals surface area contributed by atoms with Crippen LogP contribution in [0, 0.1) is 11.3 Å². The van der Waals surface area contributed by atoms with E-state index in [4.69, 9.17) is 0 Å². The lowest BCUT2D eigenvalue weighted by Gasteiger charge is -2.35. The standard InChI is InChI=1S/C23H35N3O2/c1-23(2,3)22(28)26-16-12-18(13-17-26)21(27)24-19-8-10-20(11-9-19)25-14-6-4-5-7-15-25/h8-11,18H,4-7,12-17H2,1-3H3,(H,24,27). The lowest BCUT2D eigenvalue weighted by Crippen LogP contribution is -2.45. The molecular formula is C23H35N3O2. The summed E-state index contributed by atoms with van der Waals surface area (Å²) in [6.45, 7) is 9.43. The molecule has 3 rings (SSSR count). The highest BCUT2D eigenvalue weighted by molar-refractivity contribution is 5.93. The average molecular weight is 386 g/mol. The van der Waals surface area contributed by atoms with Crippen LogP contribution in [0.25, 0.3) is 0 Å². The second kappa shape index (κ2) is 8.97. The first-order chi connectivity index (χ1) is 13.3. The summed E-state index contributed by atoms with van der Waals surface area (Å²) in [4.78, 5) is 29.4. The van der Waals surface area contributed by atoms with E-state index in [1.807, 2.05) is 37.8 Å². The van der Waals surface area contributed by atoms with Crippen molar-refractivity contribution in [1.82, 2.24) is 4.90 Å². The topological polar surface area (TPSA) is 52.7 Å². The van der Waals surface area contributed by atoms with Crippen LogP contribution in [0.1, 0.15) is 59.3 Å². The Bertz CT molecular complexity index is 662. The van der Waals surface area contributed by atoms with Crippen LogP contribution < -0.4 is 10.2 Å². The molecule has 5 nitrogen and oxygen atoms in total. The summed E-state index contributed by atoms with van der Waals surface area (Å²) in [7, 11) is 0. The predicted octanol–water partition coefficient (Wildman–Crippen LogP) is 4.29. The number of benzene rings is 1. The van der Waals surface area contributed by atoms with E-state index in [2.05, 4.69) is 22.3 Å². The van der Waals surface area contributed by atoms with Gasteiger partial charge in [0, 0.05) is 48.9 Å². The fourth-order valence-electron chi connectivity index (χ4n) is 4.15. The lowest BCUT2D eigenvalue weighted by molar-refractivity contribution is -0.142. The highest BCUT2D eigenvalue weighted by Crippen LogP contribution is 2.25. The third kappa shape index (κ3) is 5.27. The molecule has 0 unspecified atom stereocenters. The van der Waals surface area contributed by atoms with Gasteiger partial charge in [-0.2, -0.15) is 0 Å². The first-order valence-electron chi connectivity index (χ1n) is 10.8. The third-order valence-electron chi connectivity index (χ3n) is 5.90. The maximum Gasteiger partial charge on any atom is 0.227 e. The van der Waals surface area contributed by atoms with Gasteiger partial charge >= 0.3 is 0 Å². The minimum absolute atomic E-state index is 0.0192. The normalized spacial score (nSPS) is 19.2. The molecule has 2 fully saturated rings. The maximum atomic E-state index is 12.6. The molecule has 0 aliphatic carbocycles. The maximum absolute atomic E-state index is 12.6. The van der Waals surface area contributed by atoms with Gasteiger partial charge in [-0.25, -0.2) is 0 Å². The summed E-state index contributed by atoms with van der Waals surface area (Å²) < 4.78 is 0. The molecule has 1 aromatic carbocycles. The molecule has 0 bridgehead atoms. The van der Waals surface area contributed by atoms with Gasteiger partial charge in [0.15, 0.2) is 0 Å². The van der Waals surface area contributed by atoms with E-state index in [0.717, 1.165) is 31.6 Å². The van der Waals surface area contributed by atoms with Crippen molar-refractivity contribution in [3.8, 4) is 0 Å². The van der Waals surface area contributed by atoms with Crippen LogP contribution in [0.3, 0.4) is 0 Å². The Hall–Kier alpha value is -2.04. The molecule has 5 heteroatoms. The van der Waals surface area contributed by atoms with E-state index < -0.39 is 0 Å². The first-order valence-corrected chi connectivity index (χ1v) is 10.8. The van der Waals surface area contributed by atoms with Gasteiger partial charge in [0.2, 0.25) is 11.8 Å². The van der Waals surface area contributed by atoms with Gasteiger partial charge in [0.05, 0.1) is 0 Å². The van der Waals surface area contributed by atoms with Crippen molar-refractivity contribution in [3.05, 3.63) is 24.3 Å². The number of nitrogens with one attached hydrogen (secondary N) is 1. The predicted molar refractivity (Wildman–Crippen MR) is 115 cm³/mol. The summed E-state index contributed by atoms with van der Waals surface area (Å²) in [6, 6.07) is 8.25. The number of carbonyl (C=O) groups excluding carboxylic acids is 2. The van der Waals surface area contributed by atoms with Crippen molar-refractivity contribution in [3.63, 3.8) is 0 Å². The number of carbonyl (C=O) groups is 2. The summed E-state index contributed by atoms with van der Waals surface area (Å²) >= 11 is 0. The molecule has 0 saturated carbocycles. The second-order valence-corrected chi connectivity index (χ2v) is 9.25. The van der Waals surface area contributed by atoms with Crippen molar-refractivity contribution in [2.45, 2.75) is 59.3 Å². The molecule has 0 aromatic heterocycles. The number of nitrogens with zero attached hydrogens (tertiary/aromatic N) is 2. The monoisotopic (exact) mass is 385 g/mol. The number of likely N-dealkylation sites (tertiary alicyclic amines) is 1. The smallest absolute Gasteiger partial charge is 0.227 e. The van der Waals surface area contributed by atoms with E-state index in [1.165, 1.54) is 31.4 Å². The van der Waals surface area contributed by atoms with Crippen LogP contribution in [-0.2, 0) is 9.59 Å². The molecular weight excluding hydrogens is 350 g/mol. The molecule has 28 heavy (non-hydrogen) atoms. The number of hydrogen-bond acceptors (Lipinski definition) is 3. The fraction of sp³-hybridized carbons (Fsp3) is 0.652. The number of amides is 2. The van der Waals surface area contributed by atoms with Crippen LogP contribution in [0.4, 0.5) is 11.4 Å². The van der Waals surface area contributed by atoms with Crippen LogP contribution >= 0.6 is 0 Å². The van der Waals surface area contributed by atoms with Crippen LogP contribution in [0.2, 0.25) is 0 Å². The van der Waals surface area contributed by atoms with E-state index in [1.54, 1.807) is 0 Å². The van der Waals surface area contributed by atoms with Crippen molar-refractivity contribution >= 4 is 23.2 Å². The zero-order valence-electron chi connectivity index (χ0n) is 17.7. The minimum Gasteiger partial charge on any atom is -0.372 e. The highest BCUT2D eigenvalue weighted by Gasteiger charge is 2.32. The summed E-state index contributed by atoms with van der Waals surface area (Å²) in [5.41, 5.74) is 1.75. The van der Waals surface area contributed by atoms with E-state index >= 15 is 0 Å². The Labute approximate surface area is 169 Å². The number of anilines is 2. The molecule has 2 aliphatic heterocycles. The lowest BCUT2D eigenvalue weighted by atomic mass is 9.90. The zero-order valence-corrected chi connectivity index (χ0v) is 17.7. The molecule has 0 atom stereocenters. The molecule has 1 aromatic rings. The molecule has 2 amide bonds. The highest BCUT2D eigenvalue weighted by atomic mass is 16.2. The molecule has 2 saturated heterocycles. The van der Waals surface area contributed by atoms with E-state index in [-0.39, 0.29) is 23.1 Å². The summed E-state index contributed by atoms with van der Waals surface area (Å²) in [5, 5.41) is 3.07. The molecule has 1 N–H and O–H groups in total. The first kappa shape index (κ1) is 20.7. The van der Waals surface area contributed by atoms with Crippen molar-refractivity contribution in [2.24, 2.45) is 11.3 Å². The summed E-state index contributed by atoms with van der Waals surface area (Å²) in [6.07, 6.45) is 6.64. The van der Waals surface area contributed by atoms with E-state index in [9.17, 15) is 9.59 Å². The van der Waals surface area contributed by atoms with Crippen LogP contribution in [-0.4, -0.2) is 42.9 Å². The van der Waals surface area contributed by atoms with Gasteiger partial charge in [-0.05, 0) is 49.9 Å². The van der Waals surface area contributed by atoms with E-state index in [0.29, 0.717) is 13.1 Å². The SMILES string of the molecule is CC(C)(C)C(=O)N1CCC(C(=O)Nc2ccc(N3CCCCCC3)cc2)CC1. The fourth-order valence-corrected chi connectivity index (χ4v) is 4.15. The van der Waals surface area contributed by atoms with Gasteiger partial charge < -0.3 is 15.1 Å². The molecule has 2 heterocycles. The Morgan fingerprint density at radius 3 is 2.00 bits per heavy atom. The van der Waals surface area contributed by atoms with Gasteiger partial charge in [-0.3, -0.25) is 9.59 Å². The molecule has 2 aliphatic rings. The Morgan fingerprint density at radius 2 is 1.46 bits per heavy atom. The van der Waals surface area contributed by atoms with Gasteiger partial charge in [-0.15, -0.1) is 0 Å². The van der Waals surface area contributed by atoms with Crippen molar-refractivity contribution in [1.29, 1.82) is 0 Å². The third-order valence-corrected chi connectivity index (χ3v) is 5.90. The minimum atomic E-state index is -0.357. The zero-order chi connectivity index (χ0) is 20.1. The van der Waals surface area contributed by atoms with Crippen LogP contribution in [0.15, 0.2) is 24.3 Å². The van der Waals surface area contributed by atoms with Gasteiger partial charge in [0.25, 0.3) is 0 Å². The molecule has 0 spiro atoms. The van der Waals surface area contributed by atoms with Gasteiger partial charge in [-0.1, -0.05) is 33.6 Å². The Kier molecular flexibility index (Phi) is 6.63. The van der Waals surface area contributed by atoms with Crippen molar-refractivity contribution in [2.75, 3.05) is 36.4 Å². The quantitative estimate of drug-likeness (QED) is 0.844.